The molecule has 2 aromatic heterocycles. The predicted octanol–water partition coefficient (Wildman–Crippen LogP) is 1.84. The molecule has 3 heterocycles. The Kier molecular flexibility index (Phi) is 3.22. The number of nitrogens with zero attached hydrogens (tertiary/aromatic N) is 3. The van der Waals surface area contributed by atoms with Crippen LogP contribution in [0.4, 0.5) is 5.82 Å². The molecule has 0 bridgehead atoms. The van der Waals surface area contributed by atoms with Crippen LogP contribution in [-0.4, -0.2) is 33.7 Å². The quantitative estimate of drug-likeness (QED) is 0.906. The summed E-state index contributed by atoms with van der Waals surface area (Å²) in [5.41, 5.74) is 6.29. The minimum absolute atomic E-state index is 0.0506. The fourth-order valence-corrected chi connectivity index (χ4v) is 2.67. The minimum atomic E-state index is 0.0506. The van der Waals surface area contributed by atoms with E-state index in [-0.39, 0.29) is 5.91 Å². The summed E-state index contributed by atoms with van der Waals surface area (Å²) in [5, 5.41) is 4.24. The molecular formula is C14H18N4O2. The SMILES string of the molecule is Cc1occc1C(=O)N1CCC(n2ccc(N)n2)CC1. The number of rotatable bonds is 2. The molecule has 20 heavy (non-hydrogen) atoms. The van der Waals surface area contributed by atoms with Crippen molar-refractivity contribution in [3.63, 3.8) is 0 Å². The van der Waals surface area contributed by atoms with Gasteiger partial charge >= 0.3 is 0 Å². The number of nitrogens with two attached hydrogens (primary N) is 1. The van der Waals surface area contributed by atoms with Crippen LogP contribution < -0.4 is 5.73 Å². The molecular weight excluding hydrogens is 256 g/mol. The van der Waals surface area contributed by atoms with E-state index in [1.54, 1.807) is 18.4 Å². The number of piperidine rings is 1. The summed E-state index contributed by atoms with van der Waals surface area (Å²) in [6.07, 6.45) is 5.24. The van der Waals surface area contributed by atoms with Gasteiger partial charge in [0.1, 0.15) is 11.6 Å². The average molecular weight is 274 g/mol. The Labute approximate surface area is 117 Å². The van der Waals surface area contributed by atoms with Crippen LogP contribution >= 0.6 is 0 Å². The zero-order valence-electron chi connectivity index (χ0n) is 11.5. The molecule has 1 aliphatic rings. The summed E-state index contributed by atoms with van der Waals surface area (Å²) in [6, 6.07) is 3.85. The molecule has 0 radical (unpaired) electrons. The van der Waals surface area contributed by atoms with E-state index in [2.05, 4.69) is 5.10 Å². The Bertz CT molecular complexity index is 608. The number of aryl methyl sites for hydroxylation is 1. The number of carbonyl (C=O) groups excluding carboxylic acids is 1. The van der Waals surface area contributed by atoms with Gasteiger partial charge in [0, 0.05) is 19.3 Å². The normalized spacial score (nSPS) is 16.6. The zero-order chi connectivity index (χ0) is 14.1. The summed E-state index contributed by atoms with van der Waals surface area (Å²) in [7, 11) is 0. The molecule has 1 saturated heterocycles. The standard InChI is InChI=1S/C14H18N4O2/c1-10-12(5-9-20-10)14(19)17-6-2-11(3-7-17)18-8-4-13(15)16-18/h4-5,8-9,11H,2-3,6-7H2,1H3,(H2,15,16). The second-order valence-corrected chi connectivity index (χ2v) is 5.13. The third-order valence-electron chi connectivity index (χ3n) is 3.84. The Hall–Kier alpha value is -2.24. The molecule has 2 aromatic rings. The van der Waals surface area contributed by atoms with Gasteiger partial charge < -0.3 is 15.1 Å². The van der Waals surface area contributed by atoms with E-state index in [0.29, 0.717) is 23.2 Å². The topological polar surface area (TPSA) is 77.3 Å². The lowest BCUT2D eigenvalue weighted by Crippen LogP contribution is -2.39. The summed E-state index contributed by atoms with van der Waals surface area (Å²) >= 11 is 0. The molecule has 6 heteroatoms. The van der Waals surface area contributed by atoms with Crippen LogP contribution in [0.15, 0.2) is 29.0 Å². The molecule has 0 saturated carbocycles. The second-order valence-electron chi connectivity index (χ2n) is 5.13. The van der Waals surface area contributed by atoms with E-state index in [0.717, 1.165) is 25.9 Å². The van der Waals surface area contributed by atoms with Gasteiger partial charge in [-0.2, -0.15) is 5.10 Å². The maximum Gasteiger partial charge on any atom is 0.257 e. The van der Waals surface area contributed by atoms with Gasteiger partial charge in [-0.15, -0.1) is 0 Å². The Morgan fingerprint density at radius 1 is 1.40 bits per heavy atom. The Morgan fingerprint density at radius 2 is 2.15 bits per heavy atom. The van der Waals surface area contributed by atoms with Gasteiger partial charge in [0.2, 0.25) is 0 Å². The number of anilines is 1. The maximum absolute atomic E-state index is 12.4. The third-order valence-corrected chi connectivity index (χ3v) is 3.84. The van der Waals surface area contributed by atoms with Crippen molar-refractivity contribution >= 4 is 11.7 Å². The van der Waals surface area contributed by atoms with Crippen LogP contribution in [0.25, 0.3) is 0 Å². The van der Waals surface area contributed by atoms with Crippen molar-refractivity contribution in [2.45, 2.75) is 25.8 Å². The lowest BCUT2D eigenvalue weighted by Gasteiger charge is -2.32. The highest BCUT2D eigenvalue weighted by atomic mass is 16.3. The predicted molar refractivity (Wildman–Crippen MR) is 74.3 cm³/mol. The largest absolute Gasteiger partial charge is 0.469 e. The van der Waals surface area contributed by atoms with Crippen LogP contribution in [0.5, 0.6) is 0 Å². The van der Waals surface area contributed by atoms with E-state index in [4.69, 9.17) is 10.2 Å². The Morgan fingerprint density at radius 3 is 2.70 bits per heavy atom. The summed E-state index contributed by atoms with van der Waals surface area (Å²) < 4.78 is 7.10. The van der Waals surface area contributed by atoms with Crippen molar-refractivity contribution in [1.29, 1.82) is 0 Å². The van der Waals surface area contributed by atoms with E-state index >= 15 is 0 Å². The first-order valence-electron chi connectivity index (χ1n) is 6.79. The van der Waals surface area contributed by atoms with Crippen LogP contribution in [0.1, 0.15) is 35.0 Å². The first-order chi connectivity index (χ1) is 9.65. The van der Waals surface area contributed by atoms with Crippen molar-refractivity contribution in [3.05, 3.63) is 35.9 Å². The highest BCUT2D eigenvalue weighted by Crippen LogP contribution is 2.24. The molecule has 3 rings (SSSR count). The number of amides is 1. The Balaban J connectivity index is 1.64. The molecule has 0 spiro atoms. The number of hydrogen-bond donors (Lipinski definition) is 1. The molecule has 1 amide bonds. The minimum Gasteiger partial charge on any atom is -0.469 e. The number of nitrogen functional groups attached to an aromatic ring is 1. The first kappa shape index (κ1) is 12.8. The van der Waals surface area contributed by atoms with E-state index in [1.807, 2.05) is 22.7 Å². The van der Waals surface area contributed by atoms with E-state index in [1.165, 1.54) is 0 Å². The molecule has 0 unspecified atom stereocenters. The molecule has 106 valence electrons. The summed E-state index contributed by atoms with van der Waals surface area (Å²) in [6.45, 7) is 3.27. The maximum atomic E-state index is 12.4. The monoisotopic (exact) mass is 274 g/mol. The van der Waals surface area contributed by atoms with Gasteiger partial charge in [0.15, 0.2) is 0 Å². The number of likely N-dealkylation sites (tertiary alicyclic amines) is 1. The van der Waals surface area contributed by atoms with Crippen LogP contribution in [0.2, 0.25) is 0 Å². The number of carbonyl (C=O) groups is 1. The van der Waals surface area contributed by atoms with Gasteiger partial charge in [-0.05, 0) is 31.9 Å². The summed E-state index contributed by atoms with van der Waals surface area (Å²) in [4.78, 5) is 14.2. The number of aromatic nitrogens is 2. The van der Waals surface area contributed by atoms with Crippen LogP contribution in [-0.2, 0) is 0 Å². The third kappa shape index (κ3) is 2.29. The van der Waals surface area contributed by atoms with Gasteiger partial charge in [0.05, 0.1) is 17.9 Å². The van der Waals surface area contributed by atoms with E-state index < -0.39 is 0 Å². The van der Waals surface area contributed by atoms with Crippen molar-refractivity contribution in [3.8, 4) is 0 Å². The molecule has 0 aromatic carbocycles. The van der Waals surface area contributed by atoms with Crippen molar-refractivity contribution < 1.29 is 9.21 Å². The fraction of sp³-hybridized carbons (Fsp3) is 0.429. The summed E-state index contributed by atoms with van der Waals surface area (Å²) in [5.74, 6) is 1.27. The van der Waals surface area contributed by atoms with Gasteiger partial charge in [-0.1, -0.05) is 0 Å². The van der Waals surface area contributed by atoms with Crippen molar-refractivity contribution in [2.75, 3.05) is 18.8 Å². The zero-order valence-corrected chi connectivity index (χ0v) is 11.5. The average Bonchev–Trinajstić information content (AvgIpc) is 3.07. The van der Waals surface area contributed by atoms with Crippen molar-refractivity contribution in [1.82, 2.24) is 14.7 Å². The molecule has 2 N–H and O–H groups in total. The smallest absolute Gasteiger partial charge is 0.257 e. The lowest BCUT2D eigenvalue weighted by molar-refractivity contribution is 0.0688. The van der Waals surface area contributed by atoms with E-state index in [9.17, 15) is 4.79 Å². The lowest BCUT2D eigenvalue weighted by atomic mass is 10.0. The highest BCUT2D eigenvalue weighted by molar-refractivity contribution is 5.95. The van der Waals surface area contributed by atoms with Crippen molar-refractivity contribution in [2.24, 2.45) is 0 Å². The number of furan rings is 1. The van der Waals surface area contributed by atoms with Crippen LogP contribution in [0.3, 0.4) is 0 Å². The fourth-order valence-electron chi connectivity index (χ4n) is 2.67. The molecule has 6 nitrogen and oxygen atoms in total. The van der Waals surface area contributed by atoms with Crippen LogP contribution in [0, 0.1) is 6.92 Å². The second kappa shape index (κ2) is 5.03. The highest BCUT2D eigenvalue weighted by Gasteiger charge is 2.26. The number of hydrogen-bond acceptors (Lipinski definition) is 4. The molecule has 0 aliphatic carbocycles. The molecule has 0 atom stereocenters. The molecule has 1 fully saturated rings. The van der Waals surface area contributed by atoms with Gasteiger partial charge in [-0.25, -0.2) is 0 Å². The first-order valence-corrected chi connectivity index (χ1v) is 6.79. The molecule has 1 aliphatic heterocycles. The van der Waals surface area contributed by atoms with Gasteiger partial charge in [-0.3, -0.25) is 9.48 Å². The van der Waals surface area contributed by atoms with Gasteiger partial charge in [0.25, 0.3) is 5.91 Å².